The van der Waals surface area contributed by atoms with Gasteiger partial charge in [-0.1, -0.05) is 30.3 Å². The van der Waals surface area contributed by atoms with Crippen molar-refractivity contribution >= 4 is 5.91 Å². The topological polar surface area (TPSA) is 38.8 Å². The molecule has 4 nitrogen and oxygen atoms in total. The van der Waals surface area contributed by atoms with Crippen molar-refractivity contribution in [3.8, 4) is 11.5 Å². The Kier molecular flexibility index (Phi) is 5.58. The van der Waals surface area contributed by atoms with Gasteiger partial charge in [0, 0.05) is 18.5 Å². The van der Waals surface area contributed by atoms with E-state index in [9.17, 15) is 18.0 Å². The Morgan fingerprint density at radius 1 is 1.11 bits per heavy atom. The second-order valence-electron chi connectivity index (χ2n) is 6.24. The lowest BCUT2D eigenvalue weighted by Crippen LogP contribution is -2.27. The smallest absolute Gasteiger partial charge is 0.494 e. The second kappa shape index (κ2) is 7.90. The molecule has 1 saturated heterocycles. The third-order valence-electron chi connectivity index (χ3n) is 4.42. The number of amides is 1. The minimum absolute atomic E-state index is 0.0157. The van der Waals surface area contributed by atoms with Crippen LogP contribution in [0, 0.1) is 0 Å². The molecule has 1 unspecified atom stereocenters. The third-order valence-corrected chi connectivity index (χ3v) is 4.42. The Morgan fingerprint density at radius 3 is 2.48 bits per heavy atom. The van der Waals surface area contributed by atoms with Crippen molar-refractivity contribution in [3.63, 3.8) is 0 Å². The molecule has 1 atom stereocenters. The van der Waals surface area contributed by atoms with Crippen LogP contribution in [0.15, 0.2) is 48.5 Å². The van der Waals surface area contributed by atoms with Crippen molar-refractivity contribution in [2.45, 2.75) is 38.7 Å². The van der Waals surface area contributed by atoms with Crippen molar-refractivity contribution in [1.29, 1.82) is 0 Å². The number of benzene rings is 2. The summed E-state index contributed by atoms with van der Waals surface area (Å²) >= 11 is 0. The number of halogens is 3. The first-order valence-electron chi connectivity index (χ1n) is 8.73. The highest BCUT2D eigenvalue weighted by atomic mass is 19.4. The molecule has 0 bridgehead atoms. The second-order valence-corrected chi connectivity index (χ2v) is 6.24. The number of para-hydroxylation sites is 1. The van der Waals surface area contributed by atoms with Crippen molar-refractivity contribution in [3.05, 3.63) is 59.7 Å². The quantitative estimate of drug-likeness (QED) is 0.720. The first-order valence-corrected chi connectivity index (χ1v) is 8.73. The first kappa shape index (κ1) is 19.1. The summed E-state index contributed by atoms with van der Waals surface area (Å²) in [6.07, 6.45) is -3.61. The molecule has 0 aromatic heterocycles. The van der Waals surface area contributed by atoms with Crippen molar-refractivity contribution in [2.75, 3.05) is 6.61 Å². The van der Waals surface area contributed by atoms with Crippen molar-refractivity contribution in [2.24, 2.45) is 0 Å². The molecule has 0 aliphatic carbocycles. The SMILES string of the molecule is CCOc1ccccc1C1CCC(=O)N1Cc1ccc(OC(F)(F)F)cc1. The van der Waals surface area contributed by atoms with Gasteiger partial charge >= 0.3 is 6.36 Å². The van der Waals surface area contributed by atoms with Gasteiger partial charge in [-0.15, -0.1) is 13.2 Å². The summed E-state index contributed by atoms with van der Waals surface area (Å²) in [7, 11) is 0. The predicted molar refractivity (Wildman–Crippen MR) is 93.3 cm³/mol. The molecule has 144 valence electrons. The first-order chi connectivity index (χ1) is 12.9. The number of hydrogen-bond donors (Lipinski definition) is 0. The maximum Gasteiger partial charge on any atom is 0.573 e. The van der Waals surface area contributed by atoms with E-state index in [2.05, 4.69) is 4.74 Å². The maximum absolute atomic E-state index is 12.4. The summed E-state index contributed by atoms with van der Waals surface area (Å²) in [5.41, 5.74) is 1.68. The van der Waals surface area contributed by atoms with Crippen LogP contribution in [0.4, 0.5) is 13.2 Å². The summed E-state index contributed by atoms with van der Waals surface area (Å²) in [5, 5.41) is 0. The van der Waals surface area contributed by atoms with Crippen molar-refractivity contribution in [1.82, 2.24) is 4.90 Å². The zero-order valence-electron chi connectivity index (χ0n) is 14.8. The largest absolute Gasteiger partial charge is 0.573 e. The standard InChI is InChI=1S/C20H20F3NO3/c1-2-26-18-6-4-3-5-16(18)17-11-12-19(25)24(17)13-14-7-9-15(10-8-14)27-20(21,22)23/h3-10,17H,2,11-13H2,1H3. The normalized spacial score (nSPS) is 17.3. The van der Waals surface area contributed by atoms with Crippen molar-refractivity contribution < 1.29 is 27.4 Å². The molecule has 3 rings (SSSR count). The van der Waals surface area contributed by atoms with E-state index < -0.39 is 6.36 Å². The van der Waals surface area contributed by atoms with Gasteiger partial charge in [-0.3, -0.25) is 4.79 Å². The Balaban J connectivity index is 1.78. The molecule has 0 spiro atoms. The van der Waals surface area contributed by atoms with E-state index in [1.54, 1.807) is 4.90 Å². The molecular weight excluding hydrogens is 359 g/mol. The molecule has 2 aromatic rings. The molecule has 1 aliphatic rings. The highest BCUT2D eigenvalue weighted by Crippen LogP contribution is 2.38. The molecule has 1 fully saturated rings. The zero-order chi connectivity index (χ0) is 19.4. The fourth-order valence-electron chi connectivity index (χ4n) is 3.29. The van der Waals surface area contributed by atoms with Crippen LogP contribution in [0.5, 0.6) is 11.5 Å². The number of likely N-dealkylation sites (tertiary alicyclic amines) is 1. The van der Waals surface area contributed by atoms with E-state index in [4.69, 9.17) is 4.74 Å². The van der Waals surface area contributed by atoms with E-state index >= 15 is 0 Å². The molecule has 7 heteroatoms. The monoisotopic (exact) mass is 379 g/mol. The summed E-state index contributed by atoms with van der Waals surface area (Å²) in [4.78, 5) is 14.1. The van der Waals surface area contributed by atoms with Gasteiger partial charge in [0.15, 0.2) is 0 Å². The van der Waals surface area contributed by atoms with E-state index in [1.165, 1.54) is 24.3 Å². The van der Waals surface area contributed by atoms with Gasteiger partial charge in [0.25, 0.3) is 0 Å². The molecule has 1 amide bonds. The summed E-state index contributed by atoms with van der Waals surface area (Å²) in [6, 6.07) is 13.1. The molecule has 0 saturated carbocycles. The fraction of sp³-hybridized carbons (Fsp3) is 0.350. The van der Waals surface area contributed by atoms with Gasteiger partial charge in [0.05, 0.1) is 12.6 Å². The van der Waals surface area contributed by atoms with Crippen LogP contribution in [0.2, 0.25) is 0 Å². The number of carbonyl (C=O) groups is 1. The number of carbonyl (C=O) groups excluding carboxylic acids is 1. The lowest BCUT2D eigenvalue weighted by atomic mass is 10.0. The van der Waals surface area contributed by atoms with Gasteiger partial charge in [-0.25, -0.2) is 0 Å². The lowest BCUT2D eigenvalue weighted by Gasteiger charge is -2.27. The number of ether oxygens (including phenoxy) is 2. The Bertz CT molecular complexity index is 790. The molecule has 0 radical (unpaired) electrons. The molecular formula is C20H20F3NO3. The van der Waals surface area contributed by atoms with E-state index in [0.29, 0.717) is 26.0 Å². The number of alkyl halides is 3. The third kappa shape index (κ3) is 4.72. The average molecular weight is 379 g/mol. The highest BCUT2D eigenvalue weighted by molar-refractivity contribution is 5.79. The van der Waals surface area contributed by atoms with Crippen LogP contribution in [0.25, 0.3) is 0 Å². The predicted octanol–water partition coefficient (Wildman–Crippen LogP) is 4.85. The van der Waals surface area contributed by atoms with Gasteiger partial charge in [-0.2, -0.15) is 0 Å². The molecule has 2 aromatic carbocycles. The number of hydrogen-bond acceptors (Lipinski definition) is 3. The molecule has 27 heavy (non-hydrogen) atoms. The van der Waals surface area contributed by atoms with Crippen LogP contribution in [-0.4, -0.2) is 23.8 Å². The molecule has 1 heterocycles. The lowest BCUT2D eigenvalue weighted by molar-refractivity contribution is -0.274. The minimum atomic E-state index is -4.72. The summed E-state index contributed by atoms with van der Waals surface area (Å²) in [6.45, 7) is 2.74. The average Bonchev–Trinajstić information content (AvgIpc) is 2.97. The number of nitrogens with zero attached hydrogens (tertiary/aromatic N) is 1. The van der Waals surface area contributed by atoms with E-state index in [1.807, 2.05) is 31.2 Å². The molecule has 0 N–H and O–H groups in total. The Hall–Kier alpha value is -2.70. The van der Waals surface area contributed by atoms with Crippen LogP contribution in [0.3, 0.4) is 0 Å². The summed E-state index contributed by atoms with van der Waals surface area (Å²) < 4.78 is 46.4. The Morgan fingerprint density at radius 2 is 1.81 bits per heavy atom. The van der Waals surface area contributed by atoms with Crippen LogP contribution in [0.1, 0.15) is 36.9 Å². The Labute approximate surface area is 155 Å². The van der Waals surface area contributed by atoms with Crippen LogP contribution in [-0.2, 0) is 11.3 Å². The summed E-state index contributed by atoms with van der Waals surface area (Å²) in [5.74, 6) is 0.484. The maximum atomic E-state index is 12.4. The molecule has 1 aliphatic heterocycles. The van der Waals surface area contributed by atoms with Gasteiger partial charge < -0.3 is 14.4 Å². The number of rotatable bonds is 6. The van der Waals surface area contributed by atoms with E-state index in [-0.39, 0.29) is 17.7 Å². The van der Waals surface area contributed by atoms with Crippen LogP contribution < -0.4 is 9.47 Å². The minimum Gasteiger partial charge on any atom is -0.494 e. The van der Waals surface area contributed by atoms with Gasteiger partial charge in [-0.05, 0) is 37.1 Å². The van der Waals surface area contributed by atoms with E-state index in [0.717, 1.165) is 16.9 Å². The van der Waals surface area contributed by atoms with Gasteiger partial charge in [0.2, 0.25) is 5.91 Å². The fourth-order valence-corrected chi connectivity index (χ4v) is 3.29. The van der Waals surface area contributed by atoms with Crippen LogP contribution >= 0.6 is 0 Å². The van der Waals surface area contributed by atoms with Gasteiger partial charge in [0.1, 0.15) is 11.5 Å². The zero-order valence-corrected chi connectivity index (χ0v) is 14.8. The highest BCUT2D eigenvalue weighted by Gasteiger charge is 2.34.